The van der Waals surface area contributed by atoms with E-state index in [9.17, 15) is 23.1 Å². The van der Waals surface area contributed by atoms with Crippen LogP contribution in [0.4, 0.5) is 19.0 Å². The summed E-state index contributed by atoms with van der Waals surface area (Å²) in [7, 11) is 0. The third-order valence-corrected chi connectivity index (χ3v) is 3.50. The number of aromatic nitrogens is 2. The minimum Gasteiger partial charge on any atom is -0.508 e. The van der Waals surface area contributed by atoms with E-state index in [1.54, 1.807) is 26.0 Å². The van der Waals surface area contributed by atoms with Gasteiger partial charge in [0, 0.05) is 11.8 Å². The molecular weight excluding hydrogens is 349 g/mol. The monoisotopic (exact) mass is 368 g/mol. The second kappa shape index (κ2) is 8.03. The Balaban J connectivity index is 2.15. The normalized spacial score (nSPS) is 12.7. The average molecular weight is 368 g/mol. The van der Waals surface area contributed by atoms with Crippen molar-refractivity contribution in [3.05, 3.63) is 36.5 Å². The molecule has 6 nitrogen and oxygen atoms in total. The van der Waals surface area contributed by atoms with Crippen LogP contribution < -0.4 is 10.6 Å². The van der Waals surface area contributed by atoms with Gasteiger partial charge in [-0.15, -0.1) is 0 Å². The Labute approximate surface area is 148 Å². The summed E-state index contributed by atoms with van der Waals surface area (Å²) in [5.41, 5.74) is 0.647. The van der Waals surface area contributed by atoms with E-state index >= 15 is 0 Å². The lowest BCUT2D eigenvalue weighted by atomic mass is 10.0. The van der Waals surface area contributed by atoms with Gasteiger partial charge in [-0.25, -0.2) is 9.97 Å². The number of halogens is 3. The van der Waals surface area contributed by atoms with Gasteiger partial charge >= 0.3 is 6.18 Å². The van der Waals surface area contributed by atoms with Gasteiger partial charge in [-0.3, -0.25) is 4.79 Å². The summed E-state index contributed by atoms with van der Waals surface area (Å²) >= 11 is 0. The Hall–Kier alpha value is -2.84. The Morgan fingerprint density at radius 3 is 2.42 bits per heavy atom. The van der Waals surface area contributed by atoms with E-state index in [-0.39, 0.29) is 11.7 Å². The number of phenols is 1. The van der Waals surface area contributed by atoms with Crippen molar-refractivity contribution >= 4 is 11.7 Å². The van der Waals surface area contributed by atoms with Crippen molar-refractivity contribution in [2.45, 2.75) is 26.1 Å². The van der Waals surface area contributed by atoms with Crippen molar-refractivity contribution in [3.8, 4) is 17.1 Å². The molecule has 3 N–H and O–H groups in total. The number of carbonyl (C=O) groups excluding carboxylic acids is 1. The molecule has 9 heteroatoms. The standard InChI is InChI=1S/C17H19F3N4O2/c1-10(2)14(16(26)22-9-17(18,19)20)23-13-7-8-21-15(24-13)11-3-5-12(25)6-4-11/h3-8,10,14,25H,9H2,1-2H3,(H,22,26)(H,21,23,24)/t14-/m1/s1. The van der Waals surface area contributed by atoms with Crippen molar-refractivity contribution in [3.63, 3.8) is 0 Å². The minimum absolute atomic E-state index is 0.101. The summed E-state index contributed by atoms with van der Waals surface area (Å²) in [6, 6.07) is 6.87. The van der Waals surface area contributed by atoms with Crippen LogP contribution >= 0.6 is 0 Å². The van der Waals surface area contributed by atoms with Gasteiger partial charge in [-0.2, -0.15) is 13.2 Å². The number of hydrogen-bond acceptors (Lipinski definition) is 5. The van der Waals surface area contributed by atoms with E-state index in [4.69, 9.17) is 0 Å². The van der Waals surface area contributed by atoms with Gasteiger partial charge < -0.3 is 15.7 Å². The van der Waals surface area contributed by atoms with Crippen LogP contribution in [0.25, 0.3) is 11.4 Å². The fourth-order valence-electron chi connectivity index (χ4n) is 2.18. The molecule has 0 fully saturated rings. The van der Waals surface area contributed by atoms with Gasteiger partial charge in [-0.05, 0) is 36.2 Å². The maximum absolute atomic E-state index is 12.3. The van der Waals surface area contributed by atoms with Crippen LogP contribution in [0.3, 0.4) is 0 Å². The Bertz CT molecular complexity index is 748. The lowest BCUT2D eigenvalue weighted by Gasteiger charge is -2.22. The summed E-state index contributed by atoms with van der Waals surface area (Å²) in [4.78, 5) is 20.5. The SMILES string of the molecule is CC(C)[C@@H](Nc1ccnc(-c2ccc(O)cc2)n1)C(=O)NCC(F)(F)F. The van der Waals surface area contributed by atoms with Gasteiger partial charge in [0.1, 0.15) is 24.2 Å². The van der Waals surface area contributed by atoms with Gasteiger partial charge in [0.15, 0.2) is 5.82 Å². The largest absolute Gasteiger partial charge is 0.508 e. The summed E-state index contributed by atoms with van der Waals surface area (Å²) in [5, 5.41) is 14.1. The maximum Gasteiger partial charge on any atom is 0.405 e. The van der Waals surface area contributed by atoms with Crippen LogP contribution in [0.15, 0.2) is 36.5 Å². The number of benzene rings is 1. The highest BCUT2D eigenvalue weighted by molar-refractivity contribution is 5.84. The number of alkyl halides is 3. The minimum atomic E-state index is -4.47. The molecule has 0 radical (unpaired) electrons. The predicted octanol–water partition coefficient (Wildman–Crippen LogP) is 2.96. The number of carbonyl (C=O) groups is 1. The fourth-order valence-corrected chi connectivity index (χ4v) is 2.18. The van der Waals surface area contributed by atoms with E-state index in [2.05, 4.69) is 15.3 Å². The molecule has 0 saturated carbocycles. The number of amides is 1. The van der Waals surface area contributed by atoms with Crippen molar-refractivity contribution in [1.29, 1.82) is 0 Å². The molecule has 0 unspecified atom stereocenters. The van der Waals surface area contributed by atoms with Gasteiger partial charge in [0.25, 0.3) is 0 Å². The average Bonchev–Trinajstić information content (AvgIpc) is 2.57. The molecule has 2 rings (SSSR count). The molecule has 140 valence electrons. The first-order valence-corrected chi connectivity index (χ1v) is 7.89. The number of rotatable bonds is 6. The number of nitrogens with one attached hydrogen (secondary N) is 2. The zero-order chi connectivity index (χ0) is 19.3. The molecule has 1 heterocycles. The zero-order valence-electron chi connectivity index (χ0n) is 14.2. The molecule has 1 atom stereocenters. The molecule has 26 heavy (non-hydrogen) atoms. The number of phenolic OH excluding ortho intramolecular Hbond substituents is 1. The number of aromatic hydroxyl groups is 1. The summed E-state index contributed by atoms with van der Waals surface area (Å²) in [5.74, 6) is -0.265. The Morgan fingerprint density at radius 2 is 1.85 bits per heavy atom. The maximum atomic E-state index is 12.3. The molecular formula is C17H19F3N4O2. The summed E-state index contributed by atoms with van der Waals surface area (Å²) in [6.45, 7) is 2.04. The number of nitrogens with zero attached hydrogens (tertiary/aromatic N) is 2. The molecule has 0 spiro atoms. The zero-order valence-corrected chi connectivity index (χ0v) is 14.2. The van der Waals surface area contributed by atoms with Gasteiger partial charge in [0.05, 0.1) is 0 Å². The van der Waals surface area contributed by atoms with Gasteiger partial charge in [0.2, 0.25) is 5.91 Å². The van der Waals surface area contributed by atoms with Gasteiger partial charge in [-0.1, -0.05) is 13.8 Å². The third kappa shape index (κ3) is 5.61. The first-order valence-electron chi connectivity index (χ1n) is 7.89. The summed E-state index contributed by atoms with van der Waals surface area (Å²) in [6.07, 6.45) is -3.00. The lowest BCUT2D eigenvalue weighted by molar-refractivity contribution is -0.139. The van der Waals surface area contributed by atoms with E-state index in [1.165, 1.54) is 24.4 Å². The number of hydrogen-bond donors (Lipinski definition) is 3. The smallest absolute Gasteiger partial charge is 0.405 e. The van der Waals surface area contributed by atoms with Crippen molar-refractivity contribution < 1.29 is 23.1 Å². The highest BCUT2D eigenvalue weighted by Crippen LogP contribution is 2.20. The van der Waals surface area contributed by atoms with E-state index in [0.717, 1.165) is 0 Å². The number of anilines is 1. The second-order valence-electron chi connectivity index (χ2n) is 6.01. The van der Waals surface area contributed by atoms with Crippen LogP contribution in [-0.4, -0.2) is 39.7 Å². The van der Waals surface area contributed by atoms with Crippen molar-refractivity contribution in [1.82, 2.24) is 15.3 Å². The third-order valence-electron chi connectivity index (χ3n) is 3.50. The molecule has 0 aliphatic heterocycles. The molecule has 2 aromatic rings. The molecule has 1 aromatic carbocycles. The molecule has 0 bridgehead atoms. The molecule has 1 amide bonds. The van der Waals surface area contributed by atoms with Crippen LogP contribution in [0.2, 0.25) is 0 Å². The van der Waals surface area contributed by atoms with Crippen LogP contribution in [-0.2, 0) is 4.79 Å². The topological polar surface area (TPSA) is 87.1 Å². The van der Waals surface area contributed by atoms with Crippen LogP contribution in [0, 0.1) is 5.92 Å². The van der Waals surface area contributed by atoms with Crippen LogP contribution in [0.1, 0.15) is 13.8 Å². The lowest BCUT2D eigenvalue weighted by Crippen LogP contribution is -2.46. The first kappa shape index (κ1) is 19.5. The van der Waals surface area contributed by atoms with E-state index in [0.29, 0.717) is 17.2 Å². The highest BCUT2D eigenvalue weighted by Gasteiger charge is 2.30. The van der Waals surface area contributed by atoms with Crippen molar-refractivity contribution in [2.24, 2.45) is 5.92 Å². The van der Waals surface area contributed by atoms with E-state index in [1.807, 2.05) is 5.32 Å². The van der Waals surface area contributed by atoms with Crippen LogP contribution in [0.5, 0.6) is 5.75 Å². The van der Waals surface area contributed by atoms with E-state index < -0.39 is 24.7 Å². The first-order chi connectivity index (χ1) is 12.2. The Kier molecular flexibility index (Phi) is 6.01. The predicted molar refractivity (Wildman–Crippen MR) is 90.4 cm³/mol. The molecule has 0 aliphatic carbocycles. The molecule has 0 aliphatic rings. The molecule has 0 saturated heterocycles. The second-order valence-corrected chi connectivity index (χ2v) is 6.01. The summed E-state index contributed by atoms with van der Waals surface area (Å²) < 4.78 is 36.9. The quantitative estimate of drug-likeness (QED) is 0.730. The molecule has 1 aromatic heterocycles. The Morgan fingerprint density at radius 1 is 1.19 bits per heavy atom. The van der Waals surface area contributed by atoms with Crippen molar-refractivity contribution in [2.75, 3.05) is 11.9 Å². The highest BCUT2D eigenvalue weighted by atomic mass is 19.4. The fraction of sp³-hybridized carbons (Fsp3) is 0.353.